The van der Waals surface area contributed by atoms with Gasteiger partial charge in [-0.25, -0.2) is 0 Å². The molecule has 2 atom stereocenters. The number of rotatable bonds is 3. The van der Waals surface area contributed by atoms with Crippen molar-refractivity contribution in [1.82, 2.24) is 5.32 Å². The lowest BCUT2D eigenvalue weighted by atomic mass is 10.0. The van der Waals surface area contributed by atoms with E-state index >= 15 is 0 Å². The Hall–Kier alpha value is -1.37. The molecule has 1 aromatic rings. The molecule has 0 radical (unpaired) electrons. The van der Waals surface area contributed by atoms with Crippen LogP contribution in [-0.4, -0.2) is 19.3 Å². The zero-order valence-corrected chi connectivity index (χ0v) is 10.1. The molecule has 3 heteroatoms. The van der Waals surface area contributed by atoms with E-state index in [-0.39, 0.29) is 6.04 Å². The minimum absolute atomic E-state index is 0.259. The Kier molecular flexibility index (Phi) is 4.13. The summed E-state index contributed by atoms with van der Waals surface area (Å²) in [6.45, 7) is 3.81. The van der Waals surface area contributed by atoms with Crippen LogP contribution >= 0.6 is 0 Å². The first kappa shape index (κ1) is 12.1. The van der Waals surface area contributed by atoms with Gasteiger partial charge in [-0.05, 0) is 37.5 Å². The molecule has 1 fully saturated rings. The summed E-state index contributed by atoms with van der Waals surface area (Å²) >= 11 is 0. The van der Waals surface area contributed by atoms with Crippen molar-refractivity contribution in [2.45, 2.75) is 31.8 Å². The normalized spacial score (nSPS) is 21.8. The van der Waals surface area contributed by atoms with Gasteiger partial charge in [-0.2, -0.15) is 5.26 Å². The molecular weight excluding hydrogens is 212 g/mol. The maximum atomic E-state index is 8.87. The molecule has 0 aliphatic carbocycles. The van der Waals surface area contributed by atoms with E-state index in [1.807, 2.05) is 18.2 Å². The quantitative estimate of drug-likeness (QED) is 0.867. The maximum Gasteiger partial charge on any atom is 0.0991 e. The predicted molar refractivity (Wildman–Crippen MR) is 66.5 cm³/mol. The van der Waals surface area contributed by atoms with E-state index < -0.39 is 0 Å². The average molecular weight is 230 g/mol. The molecule has 3 nitrogen and oxygen atoms in total. The second kappa shape index (κ2) is 5.81. The highest BCUT2D eigenvalue weighted by Crippen LogP contribution is 2.16. The van der Waals surface area contributed by atoms with Crippen LogP contribution in [0.4, 0.5) is 0 Å². The van der Waals surface area contributed by atoms with E-state index in [9.17, 15) is 0 Å². The van der Waals surface area contributed by atoms with E-state index in [0.717, 1.165) is 30.8 Å². The van der Waals surface area contributed by atoms with Crippen molar-refractivity contribution in [2.75, 3.05) is 13.2 Å². The molecule has 0 bridgehead atoms. The Morgan fingerprint density at radius 1 is 1.53 bits per heavy atom. The Bertz CT molecular complexity index is 405. The first-order chi connectivity index (χ1) is 8.29. The molecule has 0 spiro atoms. The largest absolute Gasteiger partial charge is 0.380 e. The fraction of sp³-hybridized carbons (Fsp3) is 0.500. The van der Waals surface area contributed by atoms with E-state index in [1.54, 1.807) is 0 Å². The molecule has 1 aliphatic rings. The molecule has 0 amide bonds. The van der Waals surface area contributed by atoms with Crippen LogP contribution in [0.2, 0.25) is 0 Å². The summed E-state index contributed by atoms with van der Waals surface area (Å²) in [5, 5.41) is 12.4. The topological polar surface area (TPSA) is 45.0 Å². The minimum atomic E-state index is 0.259. The predicted octanol–water partition coefficient (Wildman–Crippen LogP) is 2.39. The highest BCUT2D eigenvalue weighted by molar-refractivity contribution is 5.34. The fourth-order valence-electron chi connectivity index (χ4n) is 2.20. The zero-order valence-electron chi connectivity index (χ0n) is 10.1. The van der Waals surface area contributed by atoms with Gasteiger partial charge in [0, 0.05) is 18.7 Å². The van der Waals surface area contributed by atoms with Crippen LogP contribution in [0.5, 0.6) is 0 Å². The van der Waals surface area contributed by atoms with Crippen LogP contribution in [0.15, 0.2) is 24.3 Å². The molecule has 1 saturated heterocycles. The summed E-state index contributed by atoms with van der Waals surface area (Å²) in [5.41, 5.74) is 1.88. The van der Waals surface area contributed by atoms with Gasteiger partial charge in [-0.1, -0.05) is 12.1 Å². The number of benzene rings is 1. The molecule has 2 rings (SSSR count). The second-order valence-corrected chi connectivity index (χ2v) is 4.54. The lowest BCUT2D eigenvalue weighted by molar-refractivity contribution is 0.0671. The van der Waals surface area contributed by atoms with Crippen molar-refractivity contribution in [2.24, 2.45) is 0 Å². The standard InChI is InChI=1S/C14H18N2O/c1-11(16-14-6-3-7-17-10-14)13-5-2-4-12(8-13)9-15/h2,4-5,8,11,14,16H,3,6-7,10H2,1H3. The lowest BCUT2D eigenvalue weighted by Gasteiger charge is -2.27. The molecule has 17 heavy (non-hydrogen) atoms. The van der Waals surface area contributed by atoms with Gasteiger partial charge < -0.3 is 10.1 Å². The monoisotopic (exact) mass is 230 g/mol. The first-order valence-electron chi connectivity index (χ1n) is 6.13. The fourth-order valence-corrected chi connectivity index (χ4v) is 2.20. The van der Waals surface area contributed by atoms with Crippen LogP contribution in [0, 0.1) is 11.3 Å². The Morgan fingerprint density at radius 3 is 3.12 bits per heavy atom. The SMILES string of the molecule is CC(NC1CCCOC1)c1cccc(C#N)c1. The minimum Gasteiger partial charge on any atom is -0.380 e. The molecule has 2 unspecified atom stereocenters. The Labute approximate surface area is 102 Å². The van der Waals surface area contributed by atoms with Crippen molar-refractivity contribution in [3.63, 3.8) is 0 Å². The van der Waals surface area contributed by atoms with E-state index in [0.29, 0.717) is 6.04 Å². The Balaban J connectivity index is 1.98. The lowest BCUT2D eigenvalue weighted by Crippen LogP contribution is -2.38. The van der Waals surface area contributed by atoms with E-state index in [4.69, 9.17) is 10.00 Å². The van der Waals surface area contributed by atoms with Gasteiger partial charge in [0.2, 0.25) is 0 Å². The van der Waals surface area contributed by atoms with Gasteiger partial charge in [0.1, 0.15) is 0 Å². The van der Waals surface area contributed by atoms with Gasteiger partial charge in [-0.15, -0.1) is 0 Å². The Morgan fingerprint density at radius 2 is 2.41 bits per heavy atom. The summed E-state index contributed by atoms with van der Waals surface area (Å²) in [5.74, 6) is 0. The number of hydrogen-bond donors (Lipinski definition) is 1. The van der Waals surface area contributed by atoms with E-state index in [1.165, 1.54) is 6.42 Å². The molecule has 90 valence electrons. The van der Waals surface area contributed by atoms with Crippen molar-refractivity contribution in [3.05, 3.63) is 35.4 Å². The highest BCUT2D eigenvalue weighted by atomic mass is 16.5. The third-order valence-corrected chi connectivity index (χ3v) is 3.16. The summed E-state index contributed by atoms with van der Waals surface area (Å²) in [4.78, 5) is 0. The maximum absolute atomic E-state index is 8.87. The highest BCUT2D eigenvalue weighted by Gasteiger charge is 2.16. The smallest absolute Gasteiger partial charge is 0.0991 e. The zero-order chi connectivity index (χ0) is 12.1. The van der Waals surface area contributed by atoms with Gasteiger partial charge >= 0.3 is 0 Å². The third kappa shape index (κ3) is 3.29. The van der Waals surface area contributed by atoms with Gasteiger partial charge in [-0.3, -0.25) is 0 Å². The van der Waals surface area contributed by atoms with Gasteiger partial charge in [0.25, 0.3) is 0 Å². The third-order valence-electron chi connectivity index (χ3n) is 3.16. The van der Waals surface area contributed by atoms with Gasteiger partial charge in [0.15, 0.2) is 0 Å². The van der Waals surface area contributed by atoms with Crippen LogP contribution in [0.1, 0.15) is 36.9 Å². The summed E-state index contributed by atoms with van der Waals surface area (Å²) < 4.78 is 5.45. The molecule has 1 heterocycles. The number of nitrogens with zero attached hydrogens (tertiary/aromatic N) is 1. The molecule has 0 saturated carbocycles. The molecule has 1 aliphatic heterocycles. The first-order valence-corrected chi connectivity index (χ1v) is 6.13. The number of ether oxygens (including phenoxy) is 1. The molecular formula is C14H18N2O. The van der Waals surface area contributed by atoms with Crippen LogP contribution in [0.25, 0.3) is 0 Å². The summed E-state index contributed by atoms with van der Waals surface area (Å²) in [6.07, 6.45) is 2.30. The van der Waals surface area contributed by atoms with E-state index in [2.05, 4.69) is 24.4 Å². The summed E-state index contributed by atoms with van der Waals surface area (Å²) in [7, 11) is 0. The molecule has 0 aromatic heterocycles. The van der Waals surface area contributed by atoms with Crippen molar-refractivity contribution in [1.29, 1.82) is 5.26 Å². The number of nitriles is 1. The molecule has 1 aromatic carbocycles. The molecule has 1 N–H and O–H groups in total. The van der Waals surface area contributed by atoms with Crippen molar-refractivity contribution >= 4 is 0 Å². The van der Waals surface area contributed by atoms with Crippen LogP contribution in [0.3, 0.4) is 0 Å². The van der Waals surface area contributed by atoms with Crippen LogP contribution < -0.4 is 5.32 Å². The van der Waals surface area contributed by atoms with Crippen molar-refractivity contribution < 1.29 is 4.74 Å². The second-order valence-electron chi connectivity index (χ2n) is 4.54. The van der Waals surface area contributed by atoms with Crippen LogP contribution in [-0.2, 0) is 4.74 Å². The summed E-state index contributed by atoms with van der Waals surface area (Å²) in [6, 6.07) is 10.6. The van der Waals surface area contributed by atoms with Gasteiger partial charge in [0.05, 0.1) is 18.2 Å². The number of nitrogens with one attached hydrogen (secondary N) is 1. The van der Waals surface area contributed by atoms with Crippen molar-refractivity contribution in [3.8, 4) is 6.07 Å². The average Bonchev–Trinajstić information content (AvgIpc) is 2.40. The number of hydrogen-bond acceptors (Lipinski definition) is 3.